The third-order valence-corrected chi connectivity index (χ3v) is 5.56. The Hall–Kier alpha value is -2.05. The molecule has 2 aromatic rings. The summed E-state index contributed by atoms with van der Waals surface area (Å²) in [7, 11) is 0. The number of amides is 2. The van der Waals surface area contributed by atoms with Gasteiger partial charge in [-0.05, 0) is 65.5 Å². The molecule has 0 fully saturated rings. The van der Waals surface area contributed by atoms with Gasteiger partial charge in [0, 0.05) is 18.1 Å². The molecule has 0 spiro atoms. The van der Waals surface area contributed by atoms with E-state index in [0.717, 1.165) is 16.5 Å². The van der Waals surface area contributed by atoms with E-state index in [0.29, 0.717) is 17.3 Å². The maximum Gasteiger partial charge on any atom is 0.261 e. The number of hydrogen-bond donors (Lipinski definition) is 1. The van der Waals surface area contributed by atoms with E-state index in [1.54, 1.807) is 13.0 Å². The summed E-state index contributed by atoms with van der Waals surface area (Å²) in [6.07, 6.45) is 0.910. The van der Waals surface area contributed by atoms with Crippen LogP contribution in [0.4, 0.5) is 0 Å². The van der Waals surface area contributed by atoms with Crippen LogP contribution >= 0.6 is 27.5 Å². The van der Waals surface area contributed by atoms with Crippen molar-refractivity contribution in [3.05, 3.63) is 63.1 Å². The predicted octanol–water partition coefficient (Wildman–Crippen LogP) is 4.60. The number of nitrogens with zero attached hydrogens (tertiary/aromatic N) is 1. The normalized spacial score (nSPS) is 11.6. The number of carbonyl (C=O) groups is 2. The van der Waals surface area contributed by atoms with Crippen LogP contribution in [0.3, 0.4) is 0 Å². The summed E-state index contributed by atoms with van der Waals surface area (Å²) in [5.74, 6) is 0.0652. The number of ether oxygens (including phenoxy) is 1. The molecule has 0 bridgehead atoms. The number of hydrogen-bond acceptors (Lipinski definition) is 3. The minimum absolute atomic E-state index is 0.182. The fourth-order valence-corrected chi connectivity index (χ4v) is 3.55. The highest BCUT2D eigenvalue weighted by Crippen LogP contribution is 2.26. The molecule has 0 aliphatic rings. The van der Waals surface area contributed by atoms with Crippen LogP contribution in [0.15, 0.2) is 46.9 Å². The van der Waals surface area contributed by atoms with Crippen LogP contribution in [0.5, 0.6) is 5.75 Å². The van der Waals surface area contributed by atoms with Gasteiger partial charge in [-0.1, -0.05) is 42.8 Å². The van der Waals surface area contributed by atoms with E-state index < -0.39 is 6.04 Å². The first-order valence-corrected chi connectivity index (χ1v) is 10.8. The Morgan fingerprint density at radius 2 is 1.93 bits per heavy atom. The second-order valence-corrected chi connectivity index (χ2v) is 7.85. The van der Waals surface area contributed by atoms with Crippen LogP contribution in [-0.2, 0) is 22.6 Å². The second kappa shape index (κ2) is 11.2. The third-order valence-electron chi connectivity index (χ3n) is 4.57. The summed E-state index contributed by atoms with van der Waals surface area (Å²) in [5.41, 5.74) is 1.94. The van der Waals surface area contributed by atoms with E-state index in [2.05, 4.69) is 28.2 Å². The highest BCUT2D eigenvalue weighted by atomic mass is 79.9. The fourth-order valence-electron chi connectivity index (χ4n) is 2.82. The van der Waals surface area contributed by atoms with Gasteiger partial charge in [-0.2, -0.15) is 0 Å². The molecule has 0 saturated carbocycles. The third kappa shape index (κ3) is 6.47. The molecular weight excluding hydrogens is 456 g/mol. The van der Waals surface area contributed by atoms with Crippen molar-refractivity contribution >= 4 is 39.3 Å². The number of carbonyl (C=O) groups excluding carboxylic acids is 2. The number of halogens is 2. The van der Waals surface area contributed by atoms with Gasteiger partial charge >= 0.3 is 0 Å². The summed E-state index contributed by atoms with van der Waals surface area (Å²) in [6, 6.07) is 12.4. The standard InChI is InChI=1S/C22H26BrClN2O3/c1-4-16-10-11-20(18(23)12-16)29-14-21(27)26(15(3)22(28)25-5-2)13-17-8-6-7-9-19(17)24/h6-12,15H,4-5,13-14H2,1-3H3,(H,25,28)/t15-/m1/s1. The SMILES string of the molecule is CCNC(=O)[C@@H](C)N(Cc1ccccc1Cl)C(=O)COc1ccc(CC)cc1Br. The molecule has 0 saturated heterocycles. The van der Waals surface area contributed by atoms with Gasteiger partial charge in [-0.15, -0.1) is 0 Å². The average Bonchev–Trinajstić information content (AvgIpc) is 2.71. The van der Waals surface area contributed by atoms with Crippen molar-refractivity contribution in [1.82, 2.24) is 10.2 Å². The molecule has 156 valence electrons. The van der Waals surface area contributed by atoms with Crippen molar-refractivity contribution in [2.75, 3.05) is 13.2 Å². The van der Waals surface area contributed by atoms with Crippen molar-refractivity contribution in [3.8, 4) is 5.75 Å². The molecule has 2 rings (SSSR count). The molecule has 5 nitrogen and oxygen atoms in total. The van der Waals surface area contributed by atoms with Crippen LogP contribution in [0.25, 0.3) is 0 Å². The van der Waals surface area contributed by atoms with Crippen LogP contribution in [-0.4, -0.2) is 35.9 Å². The molecule has 2 amide bonds. The molecule has 2 aromatic carbocycles. The number of rotatable bonds is 9. The molecule has 7 heteroatoms. The van der Waals surface area contributed by atoms with Crippen LogP contribution < -0.4 is 10.1 Å². The van der Waals surface area contributed by atoms with E-state index in [-0.39, 0.29) is 25.0 Å². The lowest BCUT2D eigenvalue weighted by Gasteiger charge is -2.29. The summed E-state index contributed by atoms with van der Waals surface area (Å²) < 4.78 is 6.52. The zero-order valence-corrected chi connectivity index (χ0v) is 19.2. The molecule has 1 atom stereocenters. The first-order valence-electron chi connectivity index (χ1n) is 9.59. The van der Waals surface area contributed by atoms with E-state index >= 15 is 0 Å². The molecular formula is C22H26BrClN2O3. The lowest BCUT2D eigenvalue weighted by molar-refractivity contribution is -0.142. The molecule has 0 heterocycles. The number of nitrogens with one attached hydrogen (secondary N) is 1. The molecule has 29 heavy (non-hydrogen) atoms. The Labute approximate surface area is 185 Å². The second-order valence-electron chi connectivity index (χ2n) is 6.59. The largest absolute Gasteiger partial charge is 0.483 e. The Bertz CT molecular complexity index is 860. The van der Waals surface area contributed by atoms with Crippen molar-refractivity contribution in [2.45, 2.75) is 39.8 Å². The van der Waals surface area contributed by atoms with Gasteiger partial charge < -0.3 is 15.0 Å². The Morgan fingerprint density at radius 1 is 1.21 bits per heavy atom. The molecule has 0 unspecified atom stereocenters. The monoisotopic (exact) mass is 480 g/mol. The van der Waals surface area contributed by atoms with Crippen LogP contribution in [0, 0.1) is 0 Å². The van der Waals surface area contributed by atoms with Crippen LogP contribution in [0.1, 0.15) is 31.9 Å². The van der Waals surface area contributed by atoms with Gasteiger partial charge in [0.15, 0.2) is 6.61 Å². The summed E-state index contributed by atoms with van der Waals surface area (Å²) in [6.45, 7) is 6.14. The molecule has 0 radical (unpaired) electrons. The molecule has 0 aliphatic carbocycles. The fraction of sp³-hybridized carbons (Fsp3) is 0.364. The predicted molar refractivity (Wildman–Crippen MR) is 119 cm³/mol. The first kappa shape index (κ1) is 23.2. The van der Waals surface area contributed by atoms with Crippen molar-refractivity contribution in [1.29, 1.82) is 0 Å². The van der Waals surface area contributed by atoms with Gasteiger partial charge in [0.2, 0.25) is 5.91 Å². The van der Waals surface area contributed by atoms with Gasteiger partial charge in [0.05, 0.1) is 4.47 Å². The Kier molecular flexibility index (Phi) is 8.99. The lowest BCUT2D eigenvalue weighted by Crippen LogP contribution is -2.49. The smallest absolute Gasteiger partial charge is 0.261 e. The summed E-state index contributed by atoms with van der Waals surface area (Å²) in [4.78, 5) is 26.8. The maximum absolute atomic E-state index is 13.0. The number of aryl methyl sites for hydroxylation is 1. The molecule has 0 aromatic heterocycles. The van der Waals surface area contributed by atoms with Gasteiger partial charge in [-0.3, -0.25) is 9.59 Å². The van der Waals surface area contributed by atoms with Gasteiger partial charge in [0.25, 0.3) is 5.91 Å². The number of benzene rings is 2. The number of likely N-dealkylation sites (N-methyl/N-ethyl adjacent to an activating group) is 1. The zero-order chi connectivity index (χ0) is 21.4. The van der Waals surface area contributed by atoms with E-state index in [1.807, 2.05) is 43.3 Å². The maximum atomic E-state index is 13.0. The first-order chi connectivity index (χ1) is 13.9. The van der Waals surface area contributed by atoms with Crippen molar-refractivity contribution in [3.63, 3.8) is 0 Å². The van der Waals surface area contributed by atoms with Gasteiger partial charge in [-0.25, -0.2) is 0 Å². The summed E-state index contributed by atoms with van der Waals surface area (Å²) >= 11 is 9.74. The van der Waals surface area contributed by atoms with E-state index in [1.165, 1.54) is 10.5 Å². The Morgan fingerprint density at radius 3 is 2.55 bits per heavy atom. The highest BCUT2D eigenvalue weighted by molar-refractivity contribution is 9.10. The van der Waals surface area contributed by atoms with Crippen LogP contribution in [0.2, 0.25) is 5.02 Å². The van der Waals surface area contributed by atoms with Crippen molar-refractivity contribution < 1.29 is 14.3 Å². The average molecular weight is 482 g/mol. The lowest BCUT2D eigenvalue weighted by atomic mass is 10.1. The highest BCUT2D eigenvalue weighted by Gasteiger charge is 2.26. The molecule has 0 aliphatic heterocycles. The summed E-state index contributed by atoms with van der Waals surface area (Å²) in [5, 5.41) is 3.31. The minimum Gasteiger partial charge on any atom is -0.483 e. The van der Waals surface area contributed by atoms with Gasteiger partial charge in [0.1, 0.15) is 11.8 Å². The minimum atomic E-state index is -0.659. The molecule has 1 N–H and O–H groups in total. The quantitative estimate of drug-likeness (QED) is 0.569. The zero-order valence-electron chi connectivity index (χ0n) is 16.9. The van der Waals surface area contributed by atoms with E-state index in [4.69, 9.17) is 16.3 Å². The Balaban J connectivity index is 2.17. The topological polar surface area (TPSA) is 58.6 Å². The van der Waals surface area contributed by atoms with E-state index in [9.17, 15) is 9.59 Å². The van der Waals surface area contributed by atoms with Crippen molar-refractivity contribution in [2.24, 2.45) is 0 Å².